The number of nitrogens with two attached hydrogens (primary N) is 1. The van der Waals surface area contributed by atoms with Crippen LogP contribution in [-0.2, 0) is 5.41 Å². The van der Waals surface area contributed by atoms with Gasteiger partial charge in [-0.25, -0.2) is 4.98 Å². The van der Waals surface area contributed by atoms with Crippen LogP contribution in [0.2, 0.25) is 0 Å². The molecule has 0 saturated heterocycles. The number of rotatable bonds is 3. The topological polar surface area (TPSA) is 68.0 Å². The molecule has 1 heterocycles. The zero-order valence-electron chi connectivity index (χ0n) is 14.4. The Morgan fingerprint density at radius 3 is 2.29 bits per heavy atom. The van der Waals surface area contributed by atoms with Gasteiger partial charge in [0.25, 0.3) is 5.91 Å². The maximum absolute atomic E-state index is 12.3. The van der Waals surface area contributed by atoms with E-state index >= 15 is 0 Å². The second-order valence-electron chi connectivity index (χ2n) is 7.89. The Bertz CT molecular complexity index is 510. The van der Waals surface area contributed by atoms with Gasteiger partial charge in [0, 0.05) is 23.2 Å². The van der Waals surface area contributed by atoms with Crippen molar-refractivity contribution in [1.82, 2.24) is 10.3 Å². The molecule has 118 valence electrons. The summed E-state index contributed by atoms with van der Waals surface area (Å²) in [5.41, 5.74) is 7.27. The van der Waals surface area contributed by atoms with Crippen molar-refractivity contribution in [3.8, 4) is 0 Å². The van der Waals surface area contributed by atoms with Crippen LogP contribution in [0.4, 0.5) is 5.82 Å². The Kier molecular flexibility index (Phi) is 5.03. The number of pyridine rings is 1. The van der Waals surface area contributed by atoms with Crippen molar-refractivity contribution < 1.29 is 4.79 Å². The number of amides is 1. The maximum Gasteiger partial charge on any atom is 0.251 e. The summed E-state index contributed by atoms with van der Waals surface area (Å²) >= 11 is 0. The molecule has 0 aliphatic heterocycles. The van der Waals surface area contributed by atoms with Crippen molar-refractivity contribution in [2.24, 2.45) is 11.3 Å². The normalized spacial score (nSPS) is 13.9. The number of anilines is 1. The largest absolute Gasteiger partial charge is 0.384 e. The van der Waals surface area contributed by atoms with Gasteiger partial charge in [0.05, 0.1) is 0 Å². The highest BCUT2D eigenvalue weighted by molar-refractivity contribution is 5.95. The van der Waals surface area contributed by atoms with Gasteiger partial charge < -0.3 is 11.1 Å². The highest BCUT2D eigenvalue weighted by Gasteiger charge is 2.22. The molecule has 0 aliphatic rings. The predicted molar refractivity (Wildman–Crippen MR) is 88.3 cm³/mol. The molecule has 0 fully saturated rings. The number of carbonyl (C=O) groups is 1. The first kappa shape index (κ1) is 17.5. The minimum Gasteiger partial charge on any atom is -0.384 e. The smallest absolute Gasteiger partial charge is 0.251 e. The van der Waals surface area contributed by atoms with E-state index in [1.165, 1.54) is 0 Å². The fraction of sp³-hybridized carbons (Fsp3) is 0.647. The number of nitrogens with zero attached hydrogens (tertiary/aromatic N) is 1. The SMILES string of the molecule is CC(CNC(=O)c1cc(N)nc(C(C)(C)C)c1)C(C)(C)C. The molecule has 0 aromatic carbocycles. The van der Waals surface area contributed by atoms with Crippen LogP contribution in [0.5, 0.6) is 0 Å². The van der Waals surface area contributed by atoms with Crippen LogP contribution in [0.15, 0.2) is 12.1 Å². The highest BCUT2D eigenvalue weighted by atomic mass is 16.1. The second-order valence-corrected chi connectivity index (χ2v) is 7.89. The molecule has 1 unspecified atom stereocenters. The minimum absolute atomic E-state index is 0.0919. The van der Waals surface area contributed by atoms with E-state index in [9.17, 15) is 4.79 Å². The monoisotopic (exact) mass is 291 g/mol. The molecular weight excluding hydrogens is 262 g/mol. The fourth-order valence-electron chi connectivity index (χ4n) is 1.72. The summed E-state index contributed by atoms with van der Waals surface area (Å²) in [5.74, 6) is 0.685. The molecular formula is C17H29N3O. The first-order valence-corrected chi connectivity index (χ1v) is 7.47. The van der Waals surface area contributed by atoms with Crippen molar-refractivity contribution in [2.45, 2.75) is 53.9 Å². The van der Waals surface area contributed by atoms with Crippen LogP contribution in [-0.4, -0.2) is 17.4 Å². The van der Waals surface area contributed by atoms with Gasteiger partial charge in [-0.1, -0.05) is 48.5 Å². The van der Waals surface area contributed by atoms with Crippen molar-refractivity contribution in [1.29, 1.82) is 0 Å². The molecule has 1 aromatic heterocycles. The lowest BCUT2D eigenvalue weighted by molar-refractivity contribution is 0.0937. The summed E-state index contributed by atoms with van der Waals surface area (Å²) in [6.07, 6.45) is 0. The van der Waals surface area contributed by atoms with E-state index in [2.05, 4.69) is 58.8 Å². The Balaban J connectivity index is 2.86. The Morgan fingerprint density at radius 1 is 1.24 bits per heavy atom. The molecule has 0 radical (unpaired) electrons. The van der Waals surface area contributed by atoms with E-state index < -0.39 is 0 Å². The average molecular weight is 291 g/mol. The number of carbonyl (C=O) groups excluding carboxylic acids is 1. The third kappa shape index (κ3) is 5.03. The van der Waals surface area contributed by atoms with Gasteiger partial charge in [0.1, 0.15) is 5.82 Å². The molecule has 21 heavy (non-hydrogen) atoms. The Hall–Kier alpha value is -1.58. The molecule has 0 bridgehead atoms. The summed E-state index contributed by atoms with van der Waals surface area (Å²) in [5, 5.41) is 2.99. The van der Waals surface area contributed by atoms with Crippen molar-refractivity contribution in [3.05, 3.63) is 23.4 Å². The van der Waals surface area contributed by atoms with Crippen LogP contribution in [0, 0.1) is 11.3 Å². The highest BCUT2D eigenvalue weighted by Crippen LogP contribution is 2.25. The van der Waals surface area contributed by atoms with Gasteiger partial charge in [-0.2, -0.15) is 0 Å². The van der Waals surface area contributed by atoms with Gasteiger partial charge in [0.15, 0.2) is 0 Å². The van der Waals surface area contributed by atoms with Gasteiger partial charge in [-0.15, -0.1) is 0 Å². The van der Waals surface area contributed by atoms with Crippen LogP contribution in [0.1, 0.15) is 64.5 Å². The molecule has 0 saturated carbocycles. The van der Waals surface area contributed by atoms with Crippen molar-refractivity contribution in [3.63, 3.8) is 0 Å². The van der Waals surface area contributed by atoms with E-state index in [0.29, 0.717) is 23.8 Å². The van der Waals surface area contributed by atoms with E-state index in [4.69, 9.17) is 5.73 Å². The quantitative estimate of drug-likeness (QED) is 0.897. The zero-order valence-corrected chi connectivity index (χ0v) is 14.4. The first-order valence-electron chi connectivity index (χ1n) is 7.47. The molecule has 1 atom stereocenters. The third-order valence-corrected chi connectivity index (χ3v) is 3.92. The lowest BCUT2D eigenvalue weighted by atomic mass is 9.82. The van der Waals surface area contributed by atoms with Crippen molar-refractivity contribution in [2.75, 3.05) is 12.3 Å². The summed E-state index contributed by atoms with van der Waals surface area (Å²) in [7, 11) is 0. The first-order chi connectivity index (χ1) is 9.41. The number of aromatic nitrogens is 1. The second kappa shape index (κ2) is 6.04. The lowest BCUT2D eigenvalue weighted by Crippen LogP contribution is -2.34. The number of hydrogen-bond donors (Lipinski definition) is 2. The van der Waals surface area contributed by atoms with Crippen LogP contribution < -0.4 is 11.1 Å². The summed E-state index contributed by atoms with van der Waals surface area (Å²) < 4.78 is 0. The number of hydrogen-bond acceptors (Lipinski definition) is 3. The van der Waals surface area contributed by atoms with Gasteiger partial charge in [-0.05, 0) is 23.5 Å². The minimum atomic E-state index is -0.136. The molecule has 4 heteroatoms. The van der Waals surface area contributed by atoms with E-state index in [-0.39, 0.29) is 16.7 Å². The third-order valence-electron chi connectivity index (χ3n) is 3.92. The molecule has 3 N–H and O–H groups in total. The maximum atomic E-state index is 12.3. The van der Waals surface area contributed by atoms with E-state index in [0.717, 1.165) is 5.69 Å². The van der Waals surface area contributed by atoms with Crippen LogP contribution in [0.25, 0.3) is 0 Å². The molecule has 1 amide bonds. The summed E-state index contributed by atoms with van der Waals surface area (Å²) in [6.45, 7) is 15.5. The summed E-state index contributed by atoms with van der Waals surface area (Å²) in [6, 6.07) is 3.46. The van der Waals surface area contributed by atoms with Gasteiger partial charge >= 0.3 is 0 Å². The number of nitrogens with one attached hydrogen (secondary N) is 1. The van der Waals surface area contributed by atoms with Crippen molar-refractivity contribution >= 4 is 11.7 Å². The van der Waals surface area contributed by atoms with Crippen LogP contribution in [0.3, 0.4) is 0 Å². The average Bonchev–Trinajstić information content (AvgIpc) is 2.32. The Morgan fingerprint density at radius 2 is 1.81 bits per heavy atom. The standard InChI is InChI=1S/C17H29N3O/c1-11(16(2,3)4)10-19-15(21)12-8-13(17(5,6)7)20-14(18)9-12/h8-9,11H,10H2,1-7H3,(H2,18,20)(H,19,21). The van der Waals surface area contributed by atoms with Gasteiger partial charge in [-0.3, -0.25) is 4.79 Å². The van der Waals surface area contributed by atoms with Gasteiger partial charge in [0.2, 0.25) is 0 Å². The molecule has 0 aliphatic carbocycles. The lowest BCUT2D eigenvalue weighted by Gasteiger charge is -2.27. The van der Waals surface area contributed by atoms with E-state index in [1.54, 1.807) is 6.07 Å². The Labute approximate surface area is 128 Å². The number of nitrogen functional groups attached to an aromatic ring is 1. The zero-order chi connectivity index (χ0) is 16.4. The molecule has 1 rings (SSSR count). The van der Waals surface area contributed by atoms with Crippen LogP contribution >= 0.6 is 0 Å². The molecule has 1 aromatic rings. The van der Waals surface area contributed by atoms with E-state index in [1.807, 2.05) is 6.07 Å². The fourth-order valence-corrected chi connectivity index (χ4v) is 1.72. The molecule has 4 nitrogen and oxygen atoms in total. The predicted octanol–water partition coefficient (Wildman–Crippen LogP) is 3.37. The summed E-state index contributed by atoms with van der Waals surface area (Å²) in [4.78, 5) is 16.6. The molecule has 0 spiro atoms.